The van der Waals surface area contributed by atoms with Crippen molar-refractivity contribution in [2.24, 2.45) is 0 Å². The maximum absolute atomic E-state index is 11.8. The molecule has 2 aliphatic heterocycles. The van der Waals surface area contributed by atoms with E-state index in [1.807, 2.05) is 37.4 Å². The monoisotopic (exact) mass is 399 g/mol. The first-order chi connectivity index (χ1) is 13.6. The van der Waals surface area contributed by atoms with E-state index in [-0.39, 0.29) is 5.91 Å². The molecule has 0 atom stereocenters. The number of carbonyl (C=O) groups is 1. The van der Waals surface area contributed by atoms with Gasteiger partial charge in [0.15, 0.2) is 0 Å². The molecule has 5 nitrogen and oxygen atoms in total. The lowest BCUT2D eigenvalue weighted by atomic mass is 10.1. The van der Waals surface area contributed by atoms with Gasteiger partial charge in [-0.05, 0) is 54.4 Å². The van der Waals surface area contributed by atoms with E-state index >= 15 is 0 Å². The highest BCUT2D eigenvalue weighted by Crippen LogP contribution is 2.30. The number of halogens is 1. The van der Waals surface area contributed by atoms with Crippen molar-refractivity contribution in [1.29, 1.82) is 0 Å². The van der Waals surface area contributed by atoms with Gasteiger partial charge in [-0.25, -0.2) is 0 Å². The first-order valence-electron chi connectivity index (χ1n) is 9.85. The average Bonchev–Trinajstić information content (AvgIpc) is 3.00. The van der Waals surface area contributed by atoms with Crippen LogP contribution >= 0.6 is 11.6 Å². The van der Waals surface area contributed by atoms with Crippen molar-refractivity contribution in [1.82, 2.24) is 4.90 Å². The number of amides is 1. The fourth-order valence-electron chi connectivity index (χ4n) is 3.90. The first-order valence-corrected chi connectivity index (χ1v) is 10.2. The Bertz CT molecular complexity index is 832. The summed E-state index contributed by atoms with van der Waals surface area (Å²) in [7, 11) is 1.82. The van der Waals surface area contributed by atoms with Crippen molar-refractivity contribution in [3.8, 4) is 5.75 Å². The summed E-state index contributed by atoms with van der Waals surface area (Å²) in [5.74, 6) is 0.999. The summed E-state index contributed by atoms with van der Waals surface area (Å²) in [5.41, 5.74) is 3.30. The highest BCUT2D eigenvalue weighted by Gasteiger charge is 2.24. The number of rotatable bonds is 6. The van der Waals surface area contributed by atoms with Gasteiger partial charge in [-0.1, -0.05) is 11.6 Å². The summed E-state index contributed by atoms with van der Waals surface area (Å²) in [5, 5.41) is 0.782. The van der Waals surface area contributed by atoms with Gasteiger partial charge < -0.3 is 14.5 Å². The summed E-state index contributed by atoms with van der Waals surface area (Å²) < 4.78 is 5.92. The van der Waals surface area contributed by atoms with E-state index in [0.717, 1.165) is 61.2 Å². The van der Waals surface area contributed by atoms with Crippen molar-refractivity contribution < 1.29 is 9.53 Å². The van der Waals surface area contributed by atoms with Gasteiger partial charge in [0, 0.05) is 56.2 Å². The van der Waals surface area contributed by atoms with E-state index in [9.17, 15) is 4.79 Å². The molecule has 1 saturated heterocycles. The Kier molecular flexibility index (Phi) is 5.74. The number of anilines is 2. The molecule has 2 heterocycles. The molecule has 0 saturated carbocycles. The van der Waals surface area contributed by atoms with Gasteiger partial charge in [-0.2, -0.15) is 0 Å². The van der Waals surface area contributed by atoms with Gasteiger partial charge in [0.1, 0.15) is 5.75 Å². The number of hydrogen-bond donors (Lipinski definition) is 0. The maximum Gasteiger partial charge on any atom is 0.231 e. The maximum atomic E-state index is 11.8. The number of nitrogens with zero attached hydrogens (tertiary/aromatic N) is 3. The Balaban J connectivity index is 1.18. The summed E-state index contributed by atoms with van der Waals surface area (Å²) in [6.07, 6.45) is 1.47. The zero-order chi connectivity index (χ0) is 19.5. The minimum Gasteiger partial charge on any atom is -0.494 e. The van der Waals surface area contributed by atoms with Gasteiger partial charge in [0.05, 0.1) is 13.0 Å². The van der Waals surface area contributed by atoms with Crippen LogP contribution in [0, 0.1) is 0 Å². The summed E-state index contributed by atoms with van der Waals surface area (Å²) in [4.78, 5) is 18.4. The Labute approximate surface area is 171 Å². The number of fused-ring (bicyclic) bond motifs is 1. The molecule has 2 aromatic carbocycles. The lowest BCUT2D eigenvalue weighted by molar-refractivity contribution is -0.117. The van der Waals surface area contributed by atoms with E-state index in [2.05, 4.69) is 21.9 Å². The Morgan fingerprint density at radius 1 is 1.04 bits per heavy atom. The normalized spacial score (nSPS) is 17.1. The highest BCUT2D eigenvalue weighted by molar-refractivity contribution is 6.30. The molecule has 0 unspecified atom stereocenters. The number of hydrogen-bond acceptors (Lipinski definition) is 4. The molecule has 0 N–H and O–H groups in total. The summed E-state index contributed by atoms with van der Waals surface area (Å²) in [6, 6.07) is 14.0. The molecule has 4 rings (SSSR count). The number of benzene rings is 2. The van der Waals surface area contributed by atoms with Crippen LogP contribution in [0.3, 0.4) is 0 Å². The lowest BCUT2D eigenvalue weighted by Gasteiger charge is -2.36. The van der Waals surface area contributed by atoms with E-state index in [1.54, 1.807) is 4.90 Å². The van der Waals surface area contributed by atoms with Crippen molar-refractivity contribution in [2.75, 3.05) is 56.2 Å². The van der Waals surface area contributed by atoms with Gasteiger partial charge >= 0.3 is 0 Å². The van der Waals surface area contributed by atoms with E-state index < -0.39 is 0 Å². The Morgan fingerprint density at radius 2 is 1.79 bits per heavy atom. The molecule has 1 fully saturated rings. The fourth-order valence-corrected chi connectivity index (χ4v) is 4.02. The van der Waals surface area contributed by atoms with Crippen LogP contribution in [0.15, 0.2) is 42.5 Å². The van der Waals surface area contributed by atoms with Crippen LogP contribution in [0.25, 0.3) is 0 Å². The predicted molar refractivity (Wildman–Crippen MR) is 114 cm³/mol. The average molecular weight is 400 g/mol. The molecule has 0 aliphatic carbocycles. The summed E-state index contributed by atoms with van der Waals surface area (Å²) in [6.45, 7) is 5.94. The smallest absolute Gasteiger partial charge is 0.231 e. The minimum absolute atomic E-state index is 0.143. The largest absolute Gasteiger partial charge is 0.494 e. The zero-order valence-electron chi connectivity index (χ0n) is 16.2. The van der Waals surface area contributed by atoms with Crippen LogP contribution in [0.4, 0.5) is 11.4 Å². The number of likely N-dealkylation sites (N-methyl/N-ethyl adjacent to an activating group) is 1. The lowest BCUT2D eigenvalue weighted by Crippen LogP contribution is -2.46. The third-order valence-corrected chi connectivity index (χ3v) is 5.83. The topological polar surface area (TPSA) is 36.0 Å². The second kappa shape index (κ2) is 8.41. The molecule has 2 aliphatic rings. The first kappa shape index (κ1) is 19.1. The fraction of sp³-hybridized carbons (Fsp3) is 0.409. The van der Waals surface area contributed by atoms with Crippen LogP contribution in [0.2, 0.25) is 5.02 Å². The molecule has 0 spiro atoms. The van der Waals surface area contributed by atoms with Crippen molar-refractivity contribution in [2.45, 2.75) is 12.8 Å². The van der Waals surface area contributed by atoms with E-state index in [1.165, 1.54) is 5.69 Å². The Morgan fingerprint density at radius 3 is 2.54 bits per heavy atom. The van der Waals surface area contributed by atoms with Gasteiger partial charge in [0.2, 0.25) is 5.91 Å². The Hall–Kier alpha value is -2.24. The molecule has 0 radical (unpaired) electrons. The van der Waals surface area contributed by atoms with Gasteiger partial charge in [-0.15, -0.1) is 0 Å². The van der Waals surface area contributed by atoms with E-state index in [0.29, 0.717) is 13.0 Å². The molecule has 148 valence electrons. The number of carbonyl (C=O) groups excluding carboxylic acids is 1. The highest BCUT2D eigenvalue weighted by atomic mass is 35.5. The standard InChI is InChI=1S/C22H26ClN3O2/c1-24-21-8-7-20(15-17(21)16-22(24)27)28-14-2-9-25-10-12-26(13-11-25)19-5-3-18(23)4-6-19/h3-8,15H,2,9-14,16H2,1H3. The number of piperazine rings is 1. The molecule has 0 aromatic heterocycles. The van der Waals surface area contributed by atoms with Gasteiger partial charge in [0.25, 0.3) is 0 Å². The van der Waals surface area contributed by atoms with Crippen LogP contribution in [-0.2, 0) is 11.2 Å². The second-order valence-electron chi connectivity index (χ2n) is 7.43. The predicted octanol–water partition coefficient (Wildman–Crippen LogP) is 3.45. The molecule has 28 heavy (non-hydrogen) atoms. The van der Waals surface area contributed by atoms with Crippen LogP contribution in [0.1, 0.15) is 12.0 Å². The minimum atomic E-state index is 0.143. The SMILES string of the molecule is CN1C(=O)Cc2cc(OCCCN3CCN(c4ccc(Cl)cc4)CC3)ccc21. The van der Waals surface area contributed by atoms with Crippen LogP contribution in [0.5, 0.6) is 5.75 Å². The zero-order valence-corrected chi connectivity index (χ0v) is 17.0. The number of ether oxygens (including phenoxy) is 1. The molecular formula is C22H26ClN3O2. The second-order valence-corrected chi connectivity index (χ2v) is 7.86. The van der Waals surface area contributed by atoms with Crippen molar-refractivity contribution in [3.05, 3.63) is 53.1 Å². The summed E-state index contributed by atoms with van der Waals surface area (Å²) >= 11 is 5.97. The molecular weight excluding hydrogens is 374 g/mol. The van der Waals surface area contributed by atoms with E-state index in [4.69, 9.17) is 16.3 Å². The van der Waals surface area contributed by atoms with Gasteiger partial charge in [-0.3, -0.25) is 9.69 Å². The third-order valence-electron chi connectivity index (χ3n) is 5.58. The molecule has 6 heteroatoms. The molecule has 1 amide bonds. The van der Waals surface area contributed by atoms with Crippen molar-refractivity contribution in [3.63, 3.8) is 0 Å². The third kappa shape index (κ3) is 4.26. The molecule has 0 bridgehead atoms. The quantitative estimate of drug-likeness (QED) is 0.697. The van der Waals surface area contributed by atoms with Crippen molar-refractivity contribution >= 4 is 28.9 Å². The van der Waals surface area contributed by atoms with Crippen LogP contribution < -0.4 is 14.5 Å². The van der Waals surface area contributed by atoms with Crippen LogP contribution in [-0.4, -0.2) is 57.2 Å². The molecule has 2 aromatic rings.